The summed E-state index contributed by atoms with van der Waals surface area (Å²) >= 11 is 0. The van der Waals surface area contributed by atoms with Crippen LogP contribution in [0.2, 0.25) is 0 Å². The molecule has 2 N–H and O–H groups in total. The lowest BCUT2D eigenvalue weighted by molar-refractivity contribution is -0.120. The molecule has 0 aliphatic heterocycles. The fraction of sp³-hybridized carbons (Fsp3) is 0.235. The standard InChI is InChI=1S/C17H19NO2/c1-12-11-14(19)9-10-15(12)18-16(20)17(2,3)13-7-5-4-6-8-13/h4-11,19H,1-3H3,(H,18,20). The van der Waals surface area contributed by atoms with Crippen molar-refractivity contribution in [2.24, 2.45) is 0 Å². The second-order valence-corrected chi connectivity index (χ2v) is 5.44. The lowest BCUT2D eigenvalue weighted by Crippen LogP contribution is -2.34. The molecule has 3 nitrogen and oxygen atoms in total. The number of nitrogens with one attached hydrogen (secondary N) is 1. The Kier molecular flexibility index (Phi) is 3.79. The van der Waals surface area contributed by atoms with Crippen LogP contribution in [0.25, 0.3) is 0 Å². The summed E-state index contributed by atoms with van der Waals surface area (Å²) in [6, 6.07) is 14.6. The lowest BCUT2D eigenvalue weighted by atomic mass is 9.83. The van der Waals surface area contributed by atoms with Gasteiger partial charge in [-0.15, -0.1) is 0 Å². The van der Waals surface area contributed by atoms with Gasteiger partial charge in [-0.05, 0) is 50.1 Å². The number of carbonyl (C=O) groups excluding carboxylic acids is 1. The minimum Gasteiger partial charge on any atom is -0.508 e. The molecule has 0 unspecified atom stereocenters. The van der Waals surface area contributed by atoms with E-state index < -0.39 is 5.41 Å². The number of hydrogen-bond donors (Lipinski definition) is 2. The van der Waals surface area contributed by atoms with Crippen LogP contribution in [-0.2, 0) is 10.2 Å². The topological polar surface area (TPSA) is 49.3 Å². The van der Waals surface area contributed by atoms with Crippen LogP contribution in [0.3, 0.4) is 0 Å². The van der Waals surface area contributed by atoms with E-state index in [2.05, 4.69) is 5.32 Å². The Morgan fingerprint density at radius 3 is 2.35 bits per heavy atom. The molecule has 1 amide bonds. The molecule has 0 saturated carbocycles. The van der Waals surface area contributed by atoms with Crippen LogP contribution in [0.15, 0.2) is 48.5 Å². The number of phenols is 1. The second kappa shape index (κ2) is 5.37. The van der Waals surface area contributed by atoms with Crippen LogP contribution in [0.5, 0.6) is 5.75 Å². The van der Waals surface area contributed by atoms with E-state index in [1.165, 1.54) is 0 Å². The highest BCUT2D eigenvalue weighted by molar-refractivity contribution is 5.99. The molecule has 0 aliphatic carbocycles. The maximum absolute atomic E-state index is 12.5. The van der Waals surface area contributed by atoms with E-state index in [9.17, 15) is 9.90 Å². The van der Waals surface area contributed by atoms with E-state index in [4.69, 9.17) is 0 Å². The van der Waals surface area contributed by atoms with Crippen LogP contribution in [0.1, 0.15) is 25.0 Å². The first-order valence-corrected chi connectivity index (χ1v) is 6.58. The summed E-state index contributed by atoms with van der Waals surface area (Å²) < 4.78 is 0. The van der Waals surface area contributed by atoms with E-state index in [0.29, 0.717) is 0 Å². The van der Waals surface area contributed by atoms with E-state index in [1.54, 1.807) is 18.2 Å². The Balaban J connectivity index is 2.23. The molecule has 0 bridgehead atoms. The average molecular weight is 269 g/mol. The van der Waals surface area contributed by atoms with Crippen molar-refractivity contribution in [1.82, 2.24) is 0 Å². The van der Waals surface area contributed by atoms with Gasteiger partial charge in [-0.1, -0.05) is 30.3 Å². The smallest absolute Gasteiger partial charge is 0.234 e. The van der Waals surface area contributed by atoms with E-state index in [-0.39, 0.29) is 11.7 Å². The third kappa shape index (κ3) is 2.82. The summed E-state index contributed by atoms with van der Waals surface area (Å²) in [5, 5.41) is 12.3. The molecule has 0 heterocycles. The Hall–Kier alpha value is -2.29. The van der Waals surface area contributed by atoms with Crippen LogP contribution < -0.4 is 5.32 Å². The van der Waals surface area contributed by atoms with Gasteiger partial charge < -0.3 is 10.4 Å². The Morgan fingerprint density at radius 1 is 1.10 bits per heavy atom. The van der Waals surface area contributed by atoms with E-state index in [1.807, 2.05) is 51.1 Å². The highest BCUT2D eigenvalue weighted by atomic mass is 16.3. The van der Waals surface area contributed by atoms with Gasteiger partial charge in [0.25, 0.3) is 0 Å². The maximum atomic E-state index is 12.5. The summed E-state index contributed by atoms with van der Waals surface area (Å²) in [5.41, 5.74) is 1.90. The second-order valence-electron chi connectivity index (χ2n) is 5.44. The van der Waals surface area contributed by atoms with Gasteiger partial charge in [0, 0.05) is 5.69 Å². The number of aryl methyl sites for hydroxylation is 1. The molecular formula is C17H19NO2. The average Bonchev–Trinajstić information content (AvgIpc) is 2.42. The first kappa shape index (κ1) is 14.1. The minimum absolute atomic E-state index is 0.0718. The predicted molar refractivity (Wildman–Crippen MR) is 80.9 cm³/mol. The van der Waals surface area contributed by atoms with Crippen molar-refractivity contribution in [3.8, 4) is 5.75 Å². The van der Waals surface area contributed by atoms with Gasteiger partial charge in [0.2, 0.25) is 5.91 Å². The Labute approximate surface area is 119 Å². The molecule has 20 heavy (non-hydrogen) atoms. The van der Waals surface area contributed by atoms with Crippen LogP contribution >= 0.6 is 0 Å². The molecule has 0 fully saturated rings. The van der Waals surface area contributed by atoms with E-state index in [0.717, 1.165) is 16.8 Å². The number of amides is 1. The number of anilines is 1. The van der Waals surface area contributed by atoms with Crippen molar-refractivity contribution in [2.45, 2.75) is 26.2 Å². The number of aromatic hydroxyl groups is 1. The molecule has 0 aromatic heterocycles. The Morgan fingerprint density at radius 2 is 1.75 bits per heavy atom. The van der Waals surface area contributed by atoms with E-state index >= 15 is 0 Å². The summed E-state index contributed by atoms with van der Waals surface area (Å²) in [6.07, 6.45) is 0. The lowest BCUT2D eigenvalue weighted by Gasteiger charge is -2.24. The van der Waals surface area contributed by atoms with Crippen molar-refractivity contribution in [3.05, 3.63) is 59.7 Å². The molecule has 0 atom stereocenters. The van der Waals surface area contributed by atoms with Crippen LogP contribution in [0, 0.1) is 6.92 Å². The van der Waals surface area contributed by atoms with Gasteiger partial charge in [-0.3, -0.25) is 4.79 Å². The van der Waals surface area contributed by atoms with Gasteiger partial charge >= 0.3 is 0 Å². The molecule has 2 aromatic rings. The molecule has 0 saturated heterocycles. The number of hydrogen-bond acceptors (Lipinski definition) is 2. The zero-order valence-corrected chi connectivity index (χ0v) is 12.0. The Bertz CT molecular complexity index is 618. The zero-order valence-electron chi connectivity index (χ0n) is 12.0. The summed E-state index contributed by atoms with van der Waals surface area (Å²) in [4.78, 5) is 12.5. The third-order valence-corrected chi connectivity index (χ3v) is 3.52. The highest BCUT2D eigenvalue weighted by Crippen LogP contribution is 2.27. The normalized spacial score (nSPS) is 11.2. The molecule has 0 aliphatic rings. The summed E-state index contributed by atoms with van der Waals surface area (Å²) in [6.45, 7) is 5.64. The molecule has 0 spiro atoms. The number of phenolic OH excluding ortho intramolecular Hbond substituents is 1. The quantitative estimate of drug-likeness (QED) is 0.836. The predicted octanol–water partition coefficient (Wildman–Crippen LogP) is 3.62. The monoisotopic (exact) mass is 269 g/mol. The number of rotatable bonds is 3. The first-order chi connectivity index (χ1) is 9.41. The highest BCUT2D eigenvalue weighted by Gasteiger charge is 2.29. The molecular weight excluding hydrogens is 250 g/mol. The first-order valence-electron chi connectivity index (χ1n) is 6.58. The van der Waals surface area contributed by atoms with Crippen molar-refractivity contribution in [1.29, 1.82) is 0 Å². The molecule has 2 rings (SSSR count). The van der Waals surface area contributed by atoms with Crippen LogP contribution in [0.4, 0.5) is 5.69 Å². The van der Waals surface area contributed by atoms with Gasteiger partial charge in [-0.2, -0.15) is 0 Å². The molecule has 2 aromatic carbocycles. The fourth-order valence-corrected chi connectivity index (χ4v) is 2.05. The van der Waals surface area contributed by atoms with Crippen molar-refractivity contribution in [2.75, 3.05) is 5.32 Å². The van der Waals surface area contributed by atoms with Gasteiger partial charge in [0.1, 0.15) is 5.75 Å². The van der Waals surface area contributed by atoms with Gasteiger partial charge in [0.15, 0.2) is 0 Å². The number of carbonyl (C=O) groups is 1. The summed E-state index contributed by atoms with van der Waals surface area (Å²) in [5.74, 6) is 0.125. The number of benzene rings is 2. The largest absolute Gasteiger partial charge is 0.508 e. The molecule has 0 radical (unpaired) electrons. The summed E-state index contributed by atoms with van der Waals surface area (Å²) in [7, 11) is 0. The minimum atomic E-state index is -0.619. The zero-order chi connectivity index (χ0) is 14.8. The third-order valence-electron chi connectivity index (χ3n) is 3.52. The van der Waals surface area contributed by atoms with Crippen molar-refractivity contribution in [3.63, 3.8) is 0 Å². The van der Waals surface area contributed by atoms with Gasteiger partial charge in [-0.25, -0.2) is 0 Å². The van der Waals surface area contributed by atoms with Crippen molar-refractivity contribution >= 4 is 11.6 Å². The van der Waals surface area contributed by atoms with Crippen LogP contribution in [-0.4, -0.2) is 11.0 Å². The SMILES string of the molecule is Cc1cc(O)ccc1NC(=O)C(C)(C)c1ccccc1. The van der Waals surface area contributed by atoms with Gasteiger partial charge in [0.05, 0.1) is 5.41 Å². The molecule has 3 heteroatoms. The molecule has 104 valence electrons. The van der Waals surface area contributed by atoms with Crippen molar-refractivity contribution < 1.29 is 9.90 Å². The fourth-order valence-electron chi connectivity index (χ4n) is 2.05. The maximum Gasteiger partial charge on any atom is 0.234 e.